The van der Waals surface area contributed by atoms with E-state index in [1.807, 2.05) is 33.8 Å². The molecule has 0 spiro atoms. The Morgan fingerprint density at radius 1 is 1.14 bits per heavy atom. The van der Waals surface area contributed by atoms with E-state index in [2.05, 4.69) is 4.90 Å². The first-order valence-corrected chi connectivity index (χ1v) is 9.93. The number of phenolic OH excluding ortho intramolecular Hbond substituents is 1. The van der Waals surface area contributed by atoms with E-state index in [-0.39, 0.29) is 23.7 Å². The van der Waals surface area contributed by atoms with Crippen LogP contribution in [0.1, 0.15) is 39.7 Å². The van der Waals surface area contributed by atoms with Gasteiger partial charge in [-0.25, -0.2) is 4.79 Å². The van der Waals surface area contributed by atoms with Gasteiger partial charge >= 0.3 is 6.09 Å². The number of hydrogen-bond donors (Lipinski definition) is 1. The van der Waals surface area contributed by atoms with Gasteiger partial charge in [-0.1, -0.05) is 6.92 Å². The molecule has 7 heteroatoms. The minimum Gasteiger partial charge on any atom is -0.506 e. The Morgan fingerprint density at radius 3 is 2.39 bits per heavy atom. The third-order valence-electron chi connectivity index (χ3n) is 5.41. The highest BCUT2D eigenvalue weighted by atomic mass is 16.6. The van der Waals surface area contributed by atoms with Crippen molar-refractivity contribution in [3.05, 3.63) is 17.7 Å². The average molecular weight is 389 g/mol. The second-order valence-electron chi connectivity index (χ2n) is 8.76. The minimum atomic E-state index is -0.510. The number of carbonyl (C=O) groups excluding carboxylic acids is 2. The van der Waals surface area contributed by atoms with Crippen molar-refractivity contribution in [1.29, 1.82) is 0 Å². The van der Waals surface area contributed by atoms with Gasteiger partial charge in [0.05, 0.1) is 11.4 Å². The van der Waals surface area contributed by atoms with Crippen LogP contribution in [0.4, 0.5) is 16.2 Å². The van der Waals surface area contributed by atoms with Crippen LogP contribution in [0, 0.1) is 5.92 Å². The maximum atomic E-state index is 12.4. The highest BCUT2D eigenvalue weighted by Crippen LogP contribution is 2.38. The number of aromatic hydroxyl groups is 1. The highest BCUT2D eigenvalue weighted by molar-refractivity contribution is 5.96. The number of nitrogens with zero attached hydrogens (tertiary/aromatic N) is 3. The Hall–Kier alpha value is -2.44. The highest BCUT2D eigenvalue weighted by Gasteiger charge is 2.29. The number of phenols is 1. The van der Waals surface area contributed by atoms with Crippen LogP contribution in [-0.4, -0.2) is 60.8 Å². The predicted molar refractivity (Wildman–Crippen MR) is 109 cm³/mol. The summed E-state index contributed by atoms with van der Waals surface area (Å²) in [6.45, 7) is 9.85. The Kier molecular flexibility index (Phi) is 5.46. The van der Waals surface area contributed by atoms with Crippen LogP contribution >= 0.6 is 0 Å². The molecule has 1 saturated heterocycles. The van der Waals surface area contributed by atoms with E-state index >= 15 is 0 Å². The van der Waals surface area contributed by atoms with Gasteiger partial charge in [-0.3, -0.25) is 4.79 Å². The second-order valence-corrected chi connectivity index (χ2v) is 8.76. The number of ether oxygens (including phenoxy) is 1. The zero-order chi connectivity index (χ0) is 20.6. The molecule has 0 aromatic heterocycles. The number of anilines is 2. The third-order valence-corrected chi connectivity index (χ3v) is 5.41. The standard InChI is InChI=1S/C21H31N3O4/c1-14-6-7-15-12-17(18(25)13-16(15)22(5)19(14)26)23-8-10-24(11-9-23)20(27)28-21(2,3)4/h12-14,25H,6-11H2,1-5H3. The lowest BCUT2D eigenvalue weighted by atomic mass is 10.0. The van der Waals surface area contributed by atoms with Gasteiger partial charge in [-0.05, 0) is 45.2 Å². The normalized spacial score (nSPS) is 20.7. The number of fused-ring (bicyclic) bond motifs is 1. The molecular weight excluding hydrogens is 358 g/mol. The van der Waals surface area contributed by atoms with E-state index in [0.717, 1.165) is 29.8 Å². The number of rotatable bonds is 1. The van der Waals surface area contributed by atoms with E-state index in [9.17, 15) is 14.7 Å². The summed E-state index contributed by atoms with van der Waals surface area (Å²) >= 11 is 0. The Balaban J connectivity index is 1.74. The zero-order valence-electron chi connectivity index (χ0n) is 17.5. The Morgan fingerprint density at radius 2 is 1.79 bits per heavy atom. The molecule has 1 aromatic carbocycles. The molecular formula is C21H31N3O4. The zero-order valence-corrected chi connectivity index (χ0v) is 17.5. The van der Waals surface area contributed by atoms with E-state index < -0.39 is 5.60 Å². The van der Waals surface area contributed by atoms with Gasteiger partial charge in [0.15, 0.2) is 0 Å². The summed E-state index contributed by atoms with van der Waals surface area (Å²) in [7, 11) is 1.77. The van der Waals surface area contributed by atoms with E-state index in [1.54, 1.807) is 22.9 Å². The fourth-order valence-corrected chi connectivity index (χ4v) is 3.78. The summed E-state index contributed by atoms with van der Waals surface area (Å²) in [5, 5.41) is 10.6. The molecule has 1 N–H and O–H groups in total. The van der Waals surface area contributed by atoms with Gasteiger partial charge in [0, 0.05) is 45.2 Å². The monoisotopic (exact) mass is 389 g/mol. The van der Waals surface area contributed by atoms with E-state index in [4.69, 9.17) is 4.74 Å². The molecule has 2 aliphatic heterocycles. The van der Waals surface area contributed by atoms with Crippen LogP contribution in [0.15, 0.2) is 12.1 Å². The lowest BCUT2D eigenvalue weighted by Gasteiger charge is -2.37. The fraction of sp³-hybridized carbons (Fsp3) is 0.619. The van der Waals surface area contributed by atoms with E-state index in [1.165, 1.54) is 0 Å². The van der Waals surface area contributed by atoms with Crippen molar-refractivity contribution in [1.82, 2.24) is 4.90 Å². The van der Waals surface area contributed by atoms with Gasteiger partial charge in [-0.15, -0.1) is 0 Å². The van der Waals surface area contributed by atoms with Crippen LogP contribution in [-0.2, 0) is 16.0 Å². The van der Waals surface area contributed by atoms with Crippen molar-refractivity contribution in [3.8, 4) is 5.75 Å². The molecule has 3 rings (SSSR count). The summed E-state index contributed by atoms with van der Waals surface area (Å²) in [6.07, 6.45) is 1.30. The summed E-state index contributed by atoms with van der Waals surface area (Å²) in [4.78, 5) is 30.1. The molecule has 0 bridgehead atoms. The van der Waals surface area contributed by atoms with Gasteiger partial charge in [0.25, 0.3) is 0 Å². The maximum Gasteiger partial charge on any atom is 0.410 e. The van der Waals surface area contributed by atoms with Crippen molar-refractivity contribution >= 4 is 23.4 Å². The molecule has 0 saturated carbocycles. The van der Waals surface area contributed by atoms with Crippen molar-refractivity contribution in [2.45, 2.75) is 46.1 Å². The van der Waals surface area contributed by atoms with E-state index in [0.29, 0.717) is 26.2 Å². The maximum absolute atomic E-state index is 12.4. The van der Waals surface area contributed by atoms with Crippen LogP contribution in [0.25, 0.3) is 0 Å². The van der Waals surface area contributed by atoms with Crippen LogP contribution < -0.4 is 9.80 Å². The molecule has 28 heavy (non-hydrogen) atoms. The number of piperazine rings is 1. The Labute approximate surface area is 166 Å². The number of benzene rings is 1. The van der Waals surface area contributed by atoms with Gasteiger partial charge in [0.2, 0.25) is 5.91 Å². The quantitative estimate of drug-likeness (QED) is 0.799. The molecule has 2 amide bonds. The molecule has 0 radical (unpaired) electrons. The first-order chi connectivity index (χ1) is 13.1. The molecule has 1 atom stereocenters. The number of aryl methyl sites for hydroxylation is 1. The second kappa shape index (κ2) is 7.53. The Bertz CT molecular complexity index is 764. The van der Waals surface area contributed by atoms with Crippen molar-refractivity contribution in [2.24, 2.45) is 5.92 Å². The topological polar surface area (TPSA) is 73.3 Å². The van der Waals surface area contributed by atoms with Crippen LogP contribution in [0.3, 0.4) is 0 Å². The third kappa shape index (κ3) is 4.18. The van der Waals surface area contributed by atoms with Gasteiger partial charge < -0.3 is 24.5 Å². The molecule has 154 valence electrons. The summed E-state index contributed by atoms with van der Waals surface area (Å²) in [6, 6.07) is 3.69. The summed E-state index contributed by atoms with van der Waals surface area (Å²) in [5.74, 6) is 0.218. The smallest absolute Gasteiger partial charge is 0.410 e. The molecule has 0 aliphatic carbocycles. The van der Waals surface area contributed by atoms with Crippen molar-refractivity contribution in [2.75, 3.05) is 43.0 Å². The predicted octanol–water partition coefficient (Wildman–Crippen LogP) is 2.99. The fourth-order valence-electron chi connectivity index (χ4n) is 3.78. The molecule has 1 unspecified atom stereocenters. The first-order valence-electron chi connectivity index (χ1n) is 9.93. The van der Waals surface area contributed by atoms with Crippen LogP contribution in [0.5, 0.6) is 5.75 Å². The number of hydrogen-bond acceptors (Lipinski definition) is 5. The van der Waals surface area contributed by atoms with Crippen LogP contribution in [0.2, 0.25) is 0 Å². The molecule has 1 fully saturated rings. The lowest BCUT2D eigenvalue weighted by Crippen LogP contribution is -2.50. The molecule has 2 aliphatic rings. The SMILES string of the molecule is CC1CCc2cc(N3CCN(C(=O)OC(C)(C)C)CC3)c(O)cc2N(C)C1=O. The minimum absolute atomic E-state index is 0.0274. The number of carbonyl (C=O) groups is 2. The molecule has 2 heterocycles. The molecule has 1 aromatic rings. The van der Waals surface area contributed by atoms with Crippen molar-refractivity contribution < 1.29 is 19.4 Å². The largest absolute Gasteiger partial charge is 0.506 e. The lowest BCUT2D eigenvalue weighted by molar-refractivity contribution is -0.121. The summed E-state index contributed by atoms with van der Waals surface area (Å²) < 4.78 is 5.44. The van der Waals surface area contributed by atoms with Gasteiger partial charge in [-0.2, -0.15) is 0 Å². The van der Waals surface area contributed by atoms with Gasteiger partial charge in [0.1, 0.15) is 11.4 Å². The molecule has 7 nitrogen and oxygen atoms in total. The average Bonchev–Trinajstić information content (AvgIpc) is 2.72. The van der Waals surface area contributed by atoms with Crippen molar-refractivity contribution in [3.63, 3.8) is 0 Å². The number of amides is 2. The first kappa shape index (κ1) is 20.3. The summed E-state index contributed by atoms with van der Waals surface area (Å²) in [5.41, 5.74) is 2.10.